The number of hydrogen-bond acceptors (Lipinski definition) is 2. The molecule has 0 N–H and O–H groups in total. The fourth-order valence-electron chi connectivity index (χ4n) is 17.5. The third-order valence-corrected chi connectivity index (χ3v) is 22.1. The predicted octanol–water partition coefficient (Wildman–Crippen LogP) is 24.0. The molecule has 0 radical (unpaired) electrons. The average Bonchev–Trinajstić information content (AvgIpc) is 1.49. The third-order valence-electron chi connectivity index (χ3n) is 22.1. The fraction of sp³-hybridized carbons (Fsp3) is 0.250. The van der Waals surface area contributed by atoms with E-state index in [0.717, 1.165) is 34.1 Å². The molecule has 90 heavy (non-hydrogen) atoms. The minimum Gasteiger partial charge on any atom is -0.457 e. The summed E-state index contributed by atoms with van der Waals surface area (Å²) in [5.41, 5.74) is 30.9. The van der Waals surface area contributed by atoms with Gasteiger partial charge >= 0.3 is 0 Å². The van der Waals surface area contributed by atoms with Crippen molar-refractivity contribution in [3.63, 3.8) is 0 Å². The Kier molecular flexibility index (Phi) is 12.7. The zero-order chi connectivity index (χ0) is 60.7. The van der Waals surface area contributed by atoms with Crippen molar-refractivity contribution in [1.29, 1.82) is 0 Å². The Bertz CT molecular complexity index is 4540. The molecule has 5 aliphatic carbocycles. The molecule has 0 saturated heterocycles. The van der Waals surface area contributed by atoms with Crippen LogP contribution in [0.1, 0.15) is 184 Å². The lowest BCUT2D eigenvalue weighted by molar-refractivity contribution is 0.433. The molecule has 6 aliphatic rings. The molecule has 2 spiro atoms. The van der Waals surface area contributed by atoms with Crippen molar-refractivity contribution in [3.8, 4) is 67.1 Å². The quantitative estimate of drug-likeness (QED) is 0.158. The van der Waals surface area contributed by atoms with Crippen LogP contribution < -0.4 is 9.64 Å². The monoisotopic (exact) mass is 1170 g/mol. The molecule has 0 aromatic heterocycles. The van der Waals surface area contributed by atoms with Gasteiger partial charge in [-0.25, -0.2) is 0 Å². The van der Waals surface area contributed by atoms with Gasteiger partial charge in [-0.1, -0.05) is 274 Å². The van der Waals surface area contributed by atoms with Crippen LogP contribution in [0.2, 0.25) is 0 Å². The molecule has 0 bridgehead atoms. The van der Waals surface area contributed by atoms with Crippen LogP contribution in [0.3, 0.4) is 0 Å². The first-order valence-corrected chi connectivity index (χ1v) is 33.7. The highest BCUT2D eigenvalue weighted by Crippen LogP contribution is 2.67. The Morgan fingerprint density at radius 3 is 1.31 bits per heavy atom. The minimum atomic E-state index is -0.658. The van der Waals surface area contributed by atoms with Crippen molar-refractivity contribution in [1.82, 2.24) is 0 Å². The van der Waals surface area contributed by atoms with E-state index in [-0.39, 0.29) is 10.8 Å². The van der Waals surface area contributed by atoms with E-state index in [0.29, 0.717) is 11.8 Å². The van der Waals surface area contributed by atoms with Crippen LogP contribution in [0.15, 0.2) is 237 Å². The summed E-state index contributed by atoms with van der Waals surface area (Å²) in [7, 11) is 0. The van der Waals surface area contributed by atoms with E-state index < -0.39 is 10.8 Å². The Morgan fingerprint density at radius 1 is 0.311 bits per heavy atom. The van der Waals surface area contributed by atoms with Crippen molar-refractivity contribution in [2.24, 2.45) is 0 Å². The molecular formula is C88H79NO. The molecule has 2 heteroatoms. The molecule has 0 amide bonds. The van der Waals surface area contributed by atoms with Gasteiger partial charge < -0.3 is 9.64 Å². The summed E-state index contributed by atoms with van der Waals surface area (Å²) in [6.07, 6.45) is 12.8. The summed E-state index contributed by atoms with van der Waals surface area (Å²) in [5.74, 6) is 2.95. The van der Waals surface area contributed by atoms with Crippen LogP contribution in [-0.2, 0) is 21.7 Å². The first kappa shape index (κ1) is 55.1. The Morgan fingerprint density at radius 2 is 0.722 bits per heavy atom. The van der Waals surface area contributed by atoms with Gasteiger partial charge in [-0.05, 0) is 197 Å². The smallest absolute Gasteiger partial charge is 0.132 e. The maximum absolute atomic E-state index is 7.35. The summed E-state index contributed by atoms with van der Waals surface area (Å²) >= 11 is 0. The maximum Gasteiger partial charge on any atom is 0.132 e. The van der Waals surface area contributed by atoms with Crippen LogP contribution in [0.5, 0.6) is 11.5 Å². The second-order valence-electron chi connectivity index (χ2n) is 29.2. The number of hydrogen-bond donors (Lipinski definition) is 0. The second-order valence-corrected chi connectivity index (χ2v) is 29.2. The van der Waals surface area contributed by atoms with E-state index in [2.05, 4.69) is 283 Å². The van der Waals surface area contributed by atoms with Crippen molar-refractivity contribution in [3.05, 3.63) is 303 Å². The first-order valence-electron chi connectivity index (χ1n) is 33.7. The van der Waals surface area contributed by atoms with E-state index in [4.69, 9.17) is 4.74 Å². The standard InChI is InChI=1S/C88H79NO/c1-85(2,3)63-40-46-71-72-47-41-64(86(4,5)6)53-79(72)87(78(71)52-63)74-30-18-16-29-68(74)73-48-42-65(54-80(73)87)89(82-32-20-17-28-67(82)60-36-34-59(35-37-60)56-22-10-7-11-23-56)66-43-49-84-81(55-66)88(75-31-19-21-33-83(75)90-84)76-50-61(57-24-12-8-13-25-57)38-44-69(76)70-45-39-62(51-77(70)88)58-26-14-9-15-27-58/h7,10-11,16-23,28-55,57-58H,8-9,12-15,24-27H2,1-6H3. The topological polar surface area (TPSA) is 12.5 Å². The number of rotatable bonds is 7. The highest BCUT2D eigenvalue weighted by molar-refractivity contribution is 5.98. The average molecular weight is 1170 g/mol. The molecule has 1 heterocycles. The van der Waals surface area contributed by atoms with E-state index in [1.807, 2.05) is 0 Å². The number of benzene rings is 11. The van der Waals surface area contributed by atoms with Gasteiger partial charge in [0.15, 0.2) is 0 Å². The van der Waals surface area contributed by atoms with Gasteiger partial charge in [0, 0.05) is 28.1 Å². The maximum atomic E-state index is 7.35. The zero-order valence-electron chi connectivity index (χ0n) is 53.1. The van der Waals surface area contributed by atoms with Crippen molar-refractivity contribution in [2.75, 3.05) is 4.90 Å². The van der Waals surface area contributed by atoms with Crippen LogP contribution in [0.4, 0.5) is 17.1 Å². The van der Waals surface area contributed by atoms with Crippen molar-refractivity contribution >= 4 is 17.1 Å². The second kappa shape index (κ2) is 20.8. The molecule has 11 aromatic rings. The number of para-hydroxylation sites is 2. The highest BCUT2D eigenvalue weighted by Gasteiger charge is 2.54. The summed E-state index contributed by atoms with van der Waals surface area (Å²) in [5, 5.41) is 0. The number of ether oxygens (including phenoxy) is 1. The molecule has 2 fully saturated rings. The Balaban J connectivity index is 0.942. The molecular weight excluding hydrogens is 1090 g/mol. The fourth-order valence-corrected chi connectivity index (χ4v) is 17.5. The number of anilines is 3. The van der Waals surface area contributed by atoms with Crippen LogP contribution in [0, 0.1) is 0 Å². The molecule has 2 saturated carbocycles. The summed E-state index contributed by atoms with van der Waals surface area (Å²) in [4.78, 5) is 2.60. The van der Waals surface area contributed by atoms with Gasteiger partial charge in [0.05, 0.1) is 16.5 Å². The van der Waals surface area contributed by atoms with Gasteiger partial charge in [0.2, 0.25) is 0 Å². The van der Waals surface area contributed by atoms with Gasteiger partial charge in [-0.15, -0.1) is 0 Å². The highest BCUT2D eigenvalue weighted by atomic mass is 16.5. The molecule has 2 nitrogen and oxygen atoms in total. The molecule has 0 atom stereocenters. The van der Waals surface area contributed by atoms with Crippen LogP contribution >= 0.6 is 0 Å². The number of nitrogens with zero attached hydrogens (tertiary/aromatic N) is 1. The third kappa shape index (κ3) is 8.35. The largest absolute Gasteiger partial charge is 0.457 e. The Hall–Kier alpha value is -8.98. The molecule has 0 unspecified atom stereocenters. The van der Waals surface area contributed by atoms with Crippen molar-refractivity contribution < 1.29 is 4.74 Å². The van der Waals surface area contributed by atoms with Crippen LogP contribution in [0.25, 0.3) is 55.6 Å². The lowest BCUT2D eigenvalue weighted by atomic mass is 9.65. The van der Waals surface area contributed by atoms with E-state index in [9.17, 15) is 0 Å². The lowest BCUT2D eigenvalue weighted by Gasteiger charge is -2.41. The SMILES string of the molecule is CC(C)(C)c1ccc2c(c1)C1(c3ccccc3-c3ccc(N(c4ccc5c(c4)C4(c6ccccc6O5)c5cc(C6CCCCC6)ccc5-c5ccc(C6CCCCC6)cc54)c4ccccc4-c4ccc(-c5ccccc5)cc4)cc31)c1cc(C(C)(C)C)ccc1-2. The van der Waals surface area contributed by atoms with E-state index in [1.54, 1.807) is 0 Å². The van der Waals surface area contributed by atoms with Gasteiger partial charge in [-0.2, -0.15) is 0 Å². The zero-order valence-corrected chi connectivity index (χ0v) is 53.1. The van der Waals surface area contributed by atoms with Crippen LogP contribution in [-0.4, -0.2) is 0 Å². The summed E-state index contributed by atoms with van der Waals surface area (Å²) < 4.78 is 7.35. The Labute approximate surface area is 533 Å². The van der Waals surface area contributed by atoms with E-state index in [1.165, 1.54) is 181 Å². The molecule has 1 aliphatic heterocycles. The molecule has 11 aromatic carbocycles. The minimum absolute atomic E-state index is 0.0621. The van der Waals surface area contributed by atoms with Gasteiger partial charge in [-0.3, -0.25) is 0 Å². The predicted molar refractivity (Wildman–Crippen MR) is 375 cm³/mol. The van der Waals surface area contributed by atoms with Crippen molar-refractivity contribution in [2.45, 2.75) is 139 Å². The summed E-state index contributed by atoms with van der Waals surface area (Å²) in [6, 6.07) is 92.4. The normalized spacial score (nSPS) is 16.5. The molecule has 442 valence electrons. The van der Waals surface area contributed by atoms with Gasteiger partial charge in [0.25, 0.3) is 0 Å². The van der Waals surface area contributed by atoms with Gasteiger partial charge in [0.1, 0.15) is 11.5 Å². The lowest BCUT2D eigenvalue weighted by Crippen LogP contribution is -2.33. The molecule has 17 rings (SSSR count). The van der Waals surface area contributed by atoms with E-state index >= 15 is 0 Å². The summed E-state index contributed by atoms with van der Waals surface area (Å²) in [6.45, 7) is 14.2. The number of fused-ring (bicyclic) bond motifs is 19. The first-order chi connectivity index (χ1) is 43.9.